The molecule has 0 aliphatic carbocycles. The van der Waals surface area contributed by atoms with Crippen LogP contribution in [0.4, 0.5) is 0 Å². The van der Waals surface area contributed by atoms with Gasteiger partial charge in [0.1, 0.15) is 11.8 Å². The van der Waals surface area contributed by atoms with Gasteiger partial charge in [-0.15, -0.1) is 0 Å². The standard InChI is InChI=1S/C18H12BrN3O2/c1-24-16-7-6-13(19)9-11(16)8-12(10-20)17-21-15-5-3-2-4-14(15)18(23)22-17/h2-9H,1H3,(H,21,22,23)/b12-8+. The van der Waals surface area contributed by atoms with E-state index in [-0.39, 0.29) is 17.0 Å². The van der Waals surface area contributed by atoms with Gasteiger partial charge in [0.2, 0.25) is 0 Å². The van der Waals surface area contributed by atoms with Gasteiger partial charge in [0.25, 0.3) is 5.56 Å². The summed E-state index contributed by atoms with van der Waals surface area (Å²) in [6.07, 6.45) is 1.64. The zero-order chi connectivity index (χ0) is 17.1. The number of nitriles is 1. The van der Waals surface area contributed by atoms with Crippen LogP contribution in [0.3, 0.4) is 0 Å². The summed E-state index contributed by atoms with van der Waals surface area (Å²) < 4.78 is 6.16. The van der Waals surface area contributed by atoms with E-state index in [1.54, 1.807) is 43.5 Å². The monoisotopic (exact) mass is 381 g/mol. The van der Waals surface area contributed by atoms with E-state index in [2.05, 4.69) is 32.0 Å². The zero-order valence-electron chi connectivity index (χ0n) is 12.7. The summed E-state index contributed by atoms with van der Waals surface area (Å²) in [5.74, 6) is 0.845. The Morgan fingerprint density at radius 3 is 2.88 bits per heavy atom. The molecule has 6 heteroatoms. The highest BCUT2D eigenvalue weighted by molar-refractivity contribution is 9.10. The van der Waals surface area contributed by atoms with Crippen LogP contribution in [-0.2, 0) is 0 Å². The molecule has 2 aromatic carbocycles. The highest BCUT2D eigenvalue weighted by Gasteiger charge is 2.10. The van der Waals surface area contributed by atoms with Crippen molar-refractivity contribution in [3.05, 3.63) is 68.7 Å². The third-order valence-corrected chi connectivity index (χ3v) is 3.97. The second kappa shape index (κ2) is 6.69. The fourth-order valence-electron chi connectivity index (χ4n) is 2.34. The van der Waals surface area contributed by atoms with Crippen molar-refractivity contribution >= 4 is 38.5 Å². The predicted molar refractivity (Wildman–Crippen MR) is 96.5 cm³/mol. The lowest BCUT2D eigenvalue weighted by molar-refractivity contribution is 0.414. The number of nitrogens with zero attached hydrogens (tertiary/aromatic N) is 2. The van der Waals surface area contributed by atoms with E-state index in [1.165, 1.54) is 0 Å². The van der Waals surface area contributed by atoms with Crippen molar-refractivity contribution in [3.63, 3.8) is 0 Å². The third kappa shape index (κ3) is 3.07. The molecule has 0 bridgehead atoms. The third-order valence-electron chi connectivity index (χ3n) is 3.48. The molecule has 1 heterocycles. The van der Waals surface area contributed by atoms with Crippen molar-refractivity contribution in [2.45, 2.75) is 0 Å². The normalized spacial score (nSPS) is 11.3. The first-order valence-corrected chi connectivity index (χ1v) is 7.86. The molecule has 0 amide bonds. The van der Waals surface area contributed by atoms with Crippen LogP contribution in [-0.4, -0.2) is 17.1 Å². The van der Waals surface area contributed by atoms with E-state index in [0.717, 1.165) is 4.47 Å². The first kappa shape index (κ1) is 16.0. The quantitative estimate of drug-likeness (QED) is 0.700. The van der Waals surface area contributed by atoms with Gasteiger partial charge in [-0.1, -0.05) is 28.1 Å². The molecule has 0 spiro atoms. The molecule has 0 unspecified atom stereocenters. The molecule has 5 nitrogen and oxygen atoms in total. The van der Waals surface area contributed by atoms with Gasteiger partial charge >= 0.3 is 0 Å². The van der Waals surface area contributed by atoms with E-state index in [1.807, 2.05) is 12.1 Å². The van der Waals surface area contributed by atoms with Gasteiger partial charge in [0.05, 0.1) is 23.6 Å². The lowest BCUT2D eigenvalue weighted by Gasteiger charge is -2.06. The highest BCUT2D eigenvalue weighted by atomic mass is 79.9. The Morgan fingerprint density at radius 1 is 1.33 bits per heavy atom. The Balaban J connectivity index is 2.18. The van der Waals surface area contributed by atoms with Crippen molar-refractivity contribution in [3.8, 4) is 11.8 Å². The molecule has 0 aliphatic rings. The summed E-state index contributed by atoms with van der Waals surface area (Å²) in [7, 11) is 1.56. The maximum absolute atomic E-state index is 12.2. The minimum Gasteiger partial charge on any atom is -0.496 e. The van der Waals surface area contributed by atoms with Gasteiger partial charge in [-0.05, 0) is 36.4 Å². The fraction of sp³-hybridized carbons (Fsp3) is 0.0556. The van der Waals surface area contributed by atoms with Crippen LogP contribution in [0.25, 0.3) is 22.6 Å². The summed E-state index contributed by atoms with van der Waals surface area (Å²) in [5, 5.41) is 9.99. The predicted octanol–water partition coefficient (Wildman–Crippen LogP) is 3.76. The van der Waals surface area contributed by atoms with E-state index in [4.69, 9.17) is 4.74 Å². The molecule has 0 radical (unpaired) electrons. The van der Waals surface area contributed by atoms with Crippen LogP contribution in [0, 0.1) is 11.3 Å². The molecular formula is C18H12BrN3O2. The molecule has 3 aromatic rings. The first-order valence-electron chi connectivity index (χ1n) is 7.07. The molecule has 1 N–H and O–H groups in total. The second-order valence-corrected chi connectivity index (χ2v) is 5.90. The van der Waals surface area contributed by atoms with E-state index < -0.39 is 0 Å². The van der Waals surface area contributed by atoms with Crippen LogP contribution < -0.4 is 10.3 Å². The number of allylic oxidation sites excluding steroid dienone is 1. The summed E-state index contributed by atoms with van der Waals surface area (Å²) in [6.45, 7) is 0. The maximum atomic E-state index is 12.2. The van der Waals surface area contributed by atoms with Gasteiger partial charge < -0.3 is 9.72 Å². The number of hydrogen-bond acceptors (Lipinski definition) is 4. The molecule has 3 rings (SSSR count). The molecule has 0 saturated carbocycles. The van der Waals surface area contributed by atoms with Crippen LogP contribution in [0.1, 0.15) is 11.4 Å². The molecule has 24 heavy (non-hydrogen) atoms. The topological polar surface area (TPSA) is 78.8 Å². The first-order chi connectivity index (χ1) is 11.6. The summed E-state index contributed by atoms with van der Waals surface area (Å²) in [6, 6.07) is 14.6. The number of fused-ring (bicyclic) bond motifs is 1. The number of hydrogen-bond donors (Lipinski definition) is 1. The van der Waals surface area contributed by atoms with Crippen LogP contribution in [0.2, 0.25) is 0 Å². The van der Waals surface area contributed by atoms with Crippen molar-refractivity contribution in [2.24, 2.45) is 0 Å². The van der Waals surface area contributed by atoms with Gasteiger partial charge in [0.15, 0.2) is 5.82 Å². The lowest BCUT2D eigenvalue weighted by atomic mass is 10.1. The summed E-state index contributed by atoms with van der Waals surface area (Å²) >= 11 is 3.40. The van der Waals surface area contributed by atoms with Crippen molar-refractivity contribution < 1.29 is 4.74 Å². The molecular weight excluding hydrogens is 370 g/mol. The Kier molecular flexibility index (Phi) is 4.45. The number of aromatic amines is 1. The molecule has 0 fully saturated rings. The largest absolute Gasteiger partial charge is 0.496 e. The van der Waals surface area contributed by atoms with Gasteiger partial charge in [-0.25, -0.2) is 4.98 Å². The smallest absolute Gasteiger partial charge is 0.259 e. The average molecular weight is 382 g/mol. The minimum absolute atomic E-state index is 0.225. The lowest BCUT2D eigenvalue weighted by Crippen LogP contribution is -2.11. The molecule has 0 atom stereocenters. The molecule has 0 saturated heterocycles. The van der Waals surface area contributed by atoms with E-state index in [0.29, 0.717) is 22.2 Å². The maximum Gasteiger partial charge on any atom is 0.259 e. The van der Waals surface area contributed by atoms with Gasteiger partial charge in [-0.2, -0.15) is 5.26 Å². The Labute approximate surface area is 146 Å². The Hall–Kier alpha value is -2.91. The summed E-state index contributed by atoms with van der Waals surface area (Å²) in [4.78, 5) is 19.2. The SMILES string of the molecule is COc1ccc(Br)cc1/C=C(\C#N)c1nc2ccccc2c(=O)[nH]1. The second-order valence-electron chi connectivity index (χ2n) is 4.99. The fourth-order valence-corrected chi connectivity index (χ4v) is 2.72. The van der Waals surface area contributed by atoms with Crippen molar-refractivity contribution in [1.82, 2.24) is 9.97 Å². The summed E-state index contributed by atoms with van der Waals surface area (Å²) in [5.41, 5.74) is 1.21. The number of halogens is 1. The molecule has 1 aromatic heterocycles. The minimum atomic E-state index is -0.280. The number of para-hydroxylation sites is 1. The van der Waals surface area contributed by atoms with E-state index in [9.17, 15) is 10.1 Å². The Morgan fingerprint density at radius 2 is 2.12 bits per heavy atom. The average Bonchev–Trinajstić information content (AvgIpc) is 2.59. The molecule has 0 aliphatic heterocycles. The number of nitrogens with one attached hydrogen (secondary N) is 1. The van der Waals surface area contributed by atoms with Crippen LogP contribution in [0.15, 0.2) is 51.7 Å². The van der Waals surface area contributed by atoms with Crippen LogP contribution >= 0.6 is 15.9 Å². The number of rotatable bonds is 3. The van der Waals surface area contributed by atoms with Crippen molar-refractivity contribution in [2.75, 3.05) is 7.11 Å². The number of aromatic nitrogens is 2. The van der Waals surface area contributed by atoms with Crippen molar-refractivity contribution in [1.29, 1.82) is 5.26 Å². The zero-order valence-corrected chi connectivity index (χ0v) is 14.3. The van der Waals surface area contributed by atoms with E-state index >= 15 is 0 Å². The van der Waals surface area contributed by atoms with Gasteiger partial charge in [-0.3, -0.25) is 4.79 Å². The number of benzene rings is 2. The Bertz CT molecular complexity index is 1050. The molecule has 118 valence electrons. The number of methoxy groups -OCH3 is 1. The van der Waals surface area contributed by atoms with Gasteiger partial charge in [0, 0.05) is 10.0 Å². The highest BCUT2D eigenvalue weighted by Crippen LogP contribution is 2.26. The number of ether oxygens (including phenoxy) is 1. The van der Waals surface area contributed by atoms with Crippen LogP contribution in [0.5, 0.6) is 5.75 Å². The number of H-pyrrole nitrogens is 1.